The smallest absolute Gasteiger partial charge is 0.306 e. The first kappa shape index (κ1) is 75.4. The Hall–Kier alpha value is -2.63. The van der Waals surface area contributed by atoms with E-state index >= 15 is 0 Å². The number of allylic oxidation sites excluding steroid dienone is 8. The number of hydrogen-bond acceptors (Lipinski definition) is 6. The van der Waals surface area contributed by atoms with E-state index in [1.807, 2.05) is 0 Å². The number of unbranched alkanes of at least 4 members (excludes halogenated alkanes) is 45. The summed E-state index contributed by atoms with van der Waals surface area (Å²) < 4.78 is 16.9. The molecule has 0 aromatic heterocycles. The van der Waals surface area contributed by atoms with Gasteiger partial charge in [0.2, 0.25) is 0 Å². The average Bonchev–Trinajstić information content (AvgIpc) is 3.44. The van der Waals surface area contributed by atoms with Gasteiger partial charge < -0.3 is 14.2 Å². The molecule has 6 heteroatoms. The van der Waals surface area contributed by atoms with Crippen LogP contribution < -0.4 is 0 Å². The quantitative estimate of drug-likeness (QED) is 0.0261. The Balaban J connectivity index is 4.22. The van der Waals surface area contributed by atoms with Gasteiger partial charge in [0.05, 0.1) is 0 Å². The molecule has 0 N–H and O–H groups in total. The van der Waals surface area contributed by atoms with Crippen LogP contribution in [0.15, 0.2) is 48.6 Å². The largest absolute Gasteiger partial charge is 0.462 e. The van der Waals surface area contributed by atoms with Crippen molar-refractivity contribution in [2.24, 2.45) is 0 Å². The molecule has 0 amide bonds. The molecule has 0 aromatic carbocycles. The van der Waals surface area contributed by atoms with Gasteiger partial charge in [-0.05, 0) is 77.0 Å². The molecule has 0 rings (SSSR count). The van der Waals surface area contributed by atoms with E-state index in [2.05, 4.69) is 69.4 Å². The number of esters is 3. The Morgan fingerprint density at radius 1 is 0.269 bits per heavy atom. The third-order valence-electron chi connectivity index (χ3n) is 15.6. The molecule has 0 aliphatic rings. The van der Waals surface area contributed by atoms with Gasteiger partial charge in [0.15, 0.2) is 6.10 Å². The summed E-state index contributed by atoms with van der Waals surface area (Å²) in [6.07, 6.45) is 84.3. The van der Waals surface area contributed by atoms with Crippen molar-refractivity contribution >= 4 is 17.9 Å². The number of hydrogen-bond donors (Lipinski definition) is 0. The molecule has 1 atom stereocenters. The minimum Gasteiger partial charge on any atom is -0.462 e. The van der Waals surface area contributed by atoms with Crippen molar-refractivity contribution in [2.75, 3.05) is 13.2 Å². The van der Waals surface area contributed by atoms with Crippen LogP contribution in [0.3, 0.4) is 0 Å². The minimum absolute atomic E-state index is 0.0780. The zero-order valence-electron chi connectivity index (χ0n) is 52.5. The lowest BCUT2D eigenvalue weighted by Crippen LogP contribution is -2.30. The first-order valence-electron chi connectivity index (χ1n) is 34.6. The number of carbonyl (C=O) groups is 3. The van der Waals surface area contributed by atoms with Gasteiger partial charge in [-0.3, -0.25) is 14.4 Å². The van der Waals surface area contributed by atoms with E-state index in [0.717, 1.165) is 83.5 Å². The predicted octanol–water partition coefficient (Wildman–Crippen LogP) is 23.7. The monoisotopic (exact) mass is 1090 g/mol. The summed E-state index contributed by atoms with van der Waals surface area (Å²) in [4.78, 5) is 38.4. The summed E-state index contributed by atoms with van der Waals surface area (Å²) in [6.45, 7) is 6.57. The highest BCUT2D eigenvalue weighted by Gasteiger charge is 2.19. The van der Waals surface area contributed by atoms with E-state index in [0.29, 0.717) is 19.3 Å². The van der Waals surface area contributed by atoms with Crippen LogP contribution in [-0.4, -0.2) is 37.2 Å². The van der Waals surface area contributed by atoms with Gasteiger partial charge in [-0.15, -0.1) is 0 Å². The van der Waals surface area contributed by atoms with Crippen LogP contribution in [0.2, 0.25) is 0 Å². The molecule has 0 spiro atoms. The van der Waals surface area contributed by atoms with Crippen LogP contribution >= 0.6 is 0 Å². The normalized spacial score (nSPS) is 12.3. The molecule has 6 nitrogen and oxygen atoms in total. The highest BCUT2D eigenvalue weighted by Crippen LogP contribution is 2.18. The van der Waals surface area contributed by atoms with Gasteiger partial charge in [-0.25, -0.2) is 0 Å². The van der Waals surface area contributed by atoms with E-state index in [4.69, 9.17) is 14.2 Å². The standard InChI is InChI=1S/C72H132O6/c1-4-7-10-13-16-19-22-25-27-29-31-33-34-35-36-37-38-39-41-42-44-47-50-53-56-59-62-65-71(74)77-68-69(67-76-70(73)64-61-58-55-52-49-46-24-21-18-15-12-9-6-3)78-72(75)66-63-60-57-54-51-48-45-43-40-32-30-28-26-23-20-17-14-11-8-5-2/h9,12,18,21,29,31,46,49,69H,4-8,10-11,13-17,19-20,22-28,30,32-45,47-48,50-68H2,1-3H3/b12-9-,21-18-,31-29-,49-46-. The van der Waals surface area contributed by atoms with Gasteiger partial charge in [0, 0.05) is 19.3 Å². The maximum atomic E-state index is 12.9. The van der Waals surface area contributed by atoms with Crippen molar-refractivity contribution < 1.29 is 28.6 Å². The zero-order valence-corrected chi connectivity index (χ0v) is 52.5. The SMILES string of the molecule is CC/C=C\C/C=C\C/C=C\CCCCCC(=O)OCC(COC(=O)CCCCCCCCCCCCCCCCC/C=C\CCCCCCCCCC)OC(=O)CCCCCCCCCCCCCCCCCCCCCC. The Bertz CT molecular complexity index is 1350. The van der Waals surface area contributed by atoms with Crippen molar-refractivity contribution in [3.05, 3.63) is 48.6 Å². The molecule has 0 bridgehead atoms. The summed E-state index contributed by atoms with van der Waals surface area (Å²) in [5.74, 6) is -0.883. The van der Waals surface area contributed by atoms with Gasteiger partial charge in [0.25, 0.3) is 0 Å². The van der Waals surface area contributed by atoms with Gasteiger partial charge in [0.1, 0.15) is 13.2 Å². The summed E-state index contributed by atoms with van der Waals surface area (Å²) in [5.41, 5.74) is 0. The molecule has 0 aliphatic carbocycles. The first-order valence-corrected chi connectivity index (χ1v) is 34.6. The maximum absolute atomic E-state index is 12.9. The second kappa shape index (κ2) is 66.9. The molecule has 0 radical (unpaired) electrons. The fourth-order valence-electron chi connectivity index (χ4n) is 10.4. The van der Waals surface area contributed by atoms with E-state index < -0.39 is 6.10 Å². The van der Waals surface area contributed by atoms with Crippen LogP contribution in [0, 0.1) is 0 Å². The third kappa shape index (κ3) is 64.2. The van der Waals surface area contributed by atoms with E-state index in [9.17, 15) is 14.4 Å². The summed E-state index contributed by atoms with van der Waals surface area (Å²) in [6, 6.07) is 0. The highest BCUT2D eigenvalue weighted by molar-refractivity contribution is 5.71. The molecule has 0 saturated heterocycles. The van der Waals surface area contributed by atoms with Crippen molar-refractivity contribution in [3.63, 3.8) is 0 Å². The maximum Gasteiger partial charge on any atom is 0.306 e. The molecule has 1 unspecified atom stereocenters. The van der Waals surface area contributed by atoms with Crippen molar-refractivity contribution in [1.82, 2.24) is 0 Å². The number of carbonyl (C=O) groups excluding carboxylic acids is 3. The van der Waals surface area contributed by atoms with Crippen LogP contribution in [0.4, 0.5) is 0 Å². The Labute approximate surface area is 486 Å². The Morgan fingerprint density at radius 3 is 0.808 bits per heavy atom. The molecule has 0 saturated carbocycles. The Kier molecular flexibility index (Phi) is 64.6. The second-order valence-corrected chi connectivity index (χ2v) is 23.4. The fraction of sp³-hybridized carbons (Fsp3) is 0.847. The molecule has 78 heavy (non-hydrogen) atoms. The zero-order chi connectivity index (χ0) is 56.4. The summed E-state index contributed by atoms with van der Waals surface area (Å²) >= 11 is 0. The second-order valence-electron chi connectivity index (χ2n) is 23.4. The van der Waals surface area contributed by atoms with E-state index in [1.165, 1.54) is 250 Å². The minimum atomic E-state index is -0.783. The molecular formula is C72H132O6. The van der Waals surface area contributed by atoms with Gasteiger partial charge in [-0.2, -0.15) is 0 Å². The van der Waals surface area contributed by atoms with Crippen LogP contribution in [0.25, 0.3) is 0 Å². The Morgan fingerprint density at radius 2 is 0.500 bits per heavy atom. The lowest BCUT2D eigenvalue weighted by atomic mass is 10.0. The molecule has 0 aliphatic heterocycles. The number of ether oxygens (including phenoxy) is 3. The average molecular weight is 1090 g/mol. The topological polar surface area (TPSA) is 78.9 Å². The lowest BCUT2D eigenvalue weighted by Gasteiger charge is -2.18. The molecule has 456 valence electrons. The summed E-state index contributed by atoms with van der Waals surface area (Å²) in [5, 5.41) is 0. The van der Waals surface area contributed by atoms with Gasteiger partial charge in [-0.1, -0.05) is 326 Å². The van der Waals surface area contributed by atoms with Crippen molar-refractivity contribution in [3.8, 4) is 0 Å². The summed E-state index contributed by atoms with van der Waals surface area (Å²) in [7, 11) is 0. The van der Waals surface area contributed by atoms with Crippen LogP contribution in [-0.2, 0) is 28.6 Å². The van der Waals surface area contributed by atoms with Crippen molar-refractivity contribution in [2.45, 2.75) is 380 Å². The van der Waals surface area contributed by atoms with Crippen LogP contribution in [0.5, 0.6) is 0 Å². The fourth-order valence-corrected chi connectivity index (χ4v) is 10.4. The van der Waals surface area contributed by atoms with E-state index in [1.54, 1.807) is 0 Å². The van der Waals surface area contributed by atoms with E-state index in [-0.39, 0.29) is 31.1 Å². The van der Waals surface area contributed by atoms with Gasteiger partial charge >= 0.3 is 17.9 Å². The highest BCUT2D eigenvalue weighted by atomic mass is 16.6. The van der Waals surface area contributed by atoms with Crippen LogP contribution in [0.1, 0.15) is 374 Å². The third-order valence-corrected chi connectivity index (χ3v) is 15.6. The first-order chi connectivity index (χ1) is 38.5. The molecule has 0 aromatic rings. The molecule has 0 fully saturated rings. The van der Waals surface area contributed by atoms with Crippen molar-refractivity contribution in [1.29, 1.82) is 0 Å². The molecular weight excluding hydrogens is 961 g/mol. The molecule has 0 heterocycles. The lowest BCUT2D eigenvalue weighted by molar-refractivity contribution is -0.167. The number of rotatable bonds is 64. The predicted molar refractivity (Wildman–Crippen MR) is 339 cm³/mol.